The molecule has 0 aromatic carbocycles. The van der Waals surface area contributed by atoms with Crippen molar-refractivity contribution in [2.45, 2.75) is 65.2 Å². The molecule has 1 nitrogen and oxygen atoms in total. The van der Waals surface area contributed by atoms with Crippen LogP contribution < -0.4 is 0 Å². The lowest BCUT2D eigenvalue weighted by Crippen LogP contribution is -1.96. The maximum absolute atomic E-state index is 8.74. The van der Waals surface area contributed by atoms with Crippen molar-refractivity contribution < 1.29 is 5.11 Å². The standard InChI is InChI=1S/C14H28O/c1-3-4-5-6-7-8-9-10-11-14(2)12-13-15/h8-9,14-15H,3-7,10-13H2,1-2H3/b9-8-/t14-/m1/s1. The molecular weight excluding hydrogens is 184 g/mol. The molecule has 0 aliphatic carbocycles. The SMILES string of the molecule is CCCCCC/C=C\CC[C@@H](C)CCO. The molecule has 0 spiro atoms. The van der Waals surface area contributed by atoms with Crippen molar-refractivity contribution in [2.24, 2.45) is 5.92 Å². The Morgan fingerprint density at radius 2 is 1.73 bits per heavy atom. The van der Waals surface area contributed by atoms with Gasteiger partial charge in [0.1, 0.15) is 0 Å². The second-order valence-electron chi connectivity index (χ2n) is 4.52. The van der Waals surface area contributed by atoms with Crippen LogP contribution in [-0.2, 0) is 0 Å². The zero-order valence-electron chi connectivity index (χ0n) is 10.5. The van der Waals surface area contributed by atoms with Crippen LogP contribution in [0.3, 0.4) is 0 Å². The van der Waals surface area contributed by atoms with E-state index < -0.39 is 0 Å². The molecule has 1 atom stereocenters. The van der Waals surface area contributed by atoms with E-state index in [2.05, 4.69) is 26.0 Å². The van der Waals surface area contributed by atoms with E-state index in [1.807, 2.05) is 0 Å². The highest BCUT2D eigenvalue weighted by Gasteiger charge is 1.98. The van der Waals surface area contributed by atoms with Gasteiger partial charge in [0.25, 0.3) is 0 Å². The van der Waals surface area contributed by atoms with Crippen molar-refractivity contribution >= 4 is 0 Å². The molecule has 0 unspecified atom stereocenters. The molecule has 0 amide bonds. The van der Waals surface area contributed by atoms with Crippen molar-refractivity contribution in [1.29, 1.82) is 0 Å². The summed E-state index contributed by atoms with van der Waals surface area (Å²) in [6, 6.07) is 0. The van der Waals surface area contributed by atoms with Crippen LogP contribution in [0.4, 0.5) is 0 Å². The van der Waals surface area contributed by atoms with Gasteiger partial charge >= 0.3 is 0 Å². The van der Waals surface area contributed by atoms with Gasteiger partial charge < -0.3 is 5.11 Å². The second-order valence-corrected chi connectivity index (χ2v) is 4.52. The highest BCUT2D eigenvalue weighted by Crippen LogP contribution is 2.10. The number of aliphatic hydroxyl groups is 1. The average Bonchev–Trinajstić information content (AvgIpc) is 2.22. The van der Waals surface area contributed by atoms with Crippen molar-refractivity contribution in [3.05, 3.63) is 12.2 Å². The first-order valence-corrected chi connectivity index (χ1v) is 6.57. The van der Waals surface area contributed by atoms with Crippen LogP contribution in [0.5, 0.6) is 0 Å². The zero-order chi connectivity index (χ0) is 11.4. The molecule has 0 aliphatic rings. The maximum Gasteiger partial charge on any atom is 0.0433 e. The third-order valence-corrected chi connectivity index (χ3v) is 2.84. The van der Waals surface area contributed by atoms with Gasteiger partial charge in [0.05, 0.1) is 0 Å². The molecule has 0 rings (SSSR count). The fourth-order valence-corrected chi connectivity index (χ4v) is 1.67. The summed E-state index contributed by atoms with van der Waals surface area (Å²) in [6.07, 6.45) is 14.6. The highest BCUT2D eigenvalue weighted by atomic mass is 16.3. The summed E-state index contributed by atoms with van der Waals surface area (Å²) in [5.41, 5.74) is 0. The van der Waals surface area contributed by atoms with E-state index >= 15 is 0 Å². The minimum Gasteiger partial charge on any atom is -0.396 e. The van der Waals surface area contributed by atoms with Crippen LogP contribution in [-0.4, -0.2) is 11.7 Å². The Balaban J connectivity index is 3.16. The van der Waals surface area contributed by atoms with E-state index in [9.17, 15) is 0 Å². The van der Waals surface area contributed by atoms with E-state index in [0.717, 1.165) is 6.42 Å². The van der Waals surface area contributed by atoms with Crippen LogP contribution >= 0.6 is 0 Å². The molecule has 0 bridgehead atoms. The third-order valence-electron chi connectivity index (χ3n) is 2.84. The molecular formula is C14H28O. The summed E-state index contributed by atoms with van der Waals surface area (Å²) < 4.78 is 0. The van der Waals surface area contributed by atoms with E-state index in [4.69, 9.17) is 5.11 Å². The fourth-order valence-electron chi connectivity index (χ4n) is 1.67. The van der Waals surface area contributed by atoms with Crippen LogP contribution in [0.15, 0.2) is 12.2 Å². The average molecular weight is 212 g/mol. The Morgan fingerprint density at radius 3 is 2.40 bits per heavy atom. The maximum atomic E-state index is 8.74. The van der Waals surface area contributed by atoms with E-state index in [1.165, 1.54) is 44.9 Å². The molecule has 0 aromatic heterocycles. The smallest absolute Gasteiger partial charge is 0.0433 e. The van der Waals surface area contributed by atoms with Crippen LogP contribution in [0.1, 0.15) is 65.2 Å². The predicted molar refractivity (Wildman–Crippen MR) is 68.0 cm³/mol. The highest BCUT2D eigenvalue weighted by molar-refractivity contribution is 4.81. The normalized spacial score (nSPS) is 13.5. The number of allylic oxidation sites excluding steroid dienone is 2. The minimum absolute atomic E-state index is 0.335. The minimum atomic E-state index is 0.335. The summed E-state index contributed by atoms with van der Waals surface area (Å²) in [7, 11) is 0. The van der Waals surface area contributed by atoms with E-state index in [-0.39, 0.29) is 0 Å². The molecule has 15 heavy (non-hydrogen) atoms. The number of rotatable bonds is 10. The summed E-state index contributed by atoms with van der Waals surface area (Å²) in [4.78, 5) is 0. The van der Waals surface area contributed by atoms with Crippen molar-refractivity contribution in [2.75, 3.05) is 6.61 Å². The van der Waals surface area contributed by atoms with Gasteiger partial charge in [0, 0.05) is 6.61 Å². The third kappa shape index (κ3) is 11.6. The van der Waals surface area contributed by atoms with E-state index in [0.29, 0.717) is 12.5 Å². The Labute approximate surface area is 95.6 Å². The number of aliphatic hydroxyl groups excluding tert-OH is 1. The number of hydrogen-bond donors (Lipinski definition) is 1. The first-order chi connectivity index (χ1) is 7.31. The van der Waals surface area contributed by atoms with Gasteiger partial charge in [-0.05, 0) is 38.0 Å². The Morgan fingerprint density at radius 1 is 1.00 bits per heavy atom. The van der Waals surface area contributed by atoms with Gasteiger partial charge in [-0.3, -0.25) is 0 Å². The molecule has 1 N–H and O–H groups in total. The van der Waals surface area contributed by atoms with Crippen molar-refractivity contribution in [3.63, 3.8) is 0 Å². The Bertz CT molecular complexity index is 140. The van der Waals surface area contributed by atoms with Gasteiger partial charge in [-0.2, -0.15) is 0 Å². The molecule has 1 heteroatoms. The van der Waals surface area contributed by atoms with Gasteiger partial charge in [-0.1, -0.05) is 45.3 Å². The first-order valence-electron chi connectivity index (χ1n) is 6.57. The molecule has 0 saturated heterocycles. The quantitative estimate of drug-likeness (QED) is 0.422. The Kier molecular flexibility index (Phi) is 11.5. The lowest BCUT2D eigenvalue weighted by Gasteiger charge is -2.06. The van der Waals surface area contributed by atoms with Gasteiger partial charge in [-0.25, -0.2) is 0 Å². The summed E-state index contributed by atoms with van der Waals surface area (Å²) >= 11 is 0. The molecule has 0 saturated carbocycles. The van der Waals surface area contributed by atoms with E-state index in [1.54, 1.807) is 0 Å². The molecule has 0 radical (unpaired) electrons. The number of hydrogen-bond acceptors (Lipinski definition) is 1. The summed E-state index contributed by atoms with van der Waals surface area (Å²) in [5.74, 6) is 0.666. The number of unbranched alkanes of at least 4 members (excludes halogenated alkanes) is 4. The largest absolute Gasteiger partial charge is 0.396 e. The summed E-state index contributed by atoms with van der Waals surface area (Å²) in [5, 5.41) is 8.74. The van der Waals surface area contributed by atoms with Crippen LogP contribution in [0, 0.1) is 5.92 Å². The second kappa shape index (κ2) is 11.8. The molecule has 0 fully saturated rings. The topological polar surface area (TPSA) is 20.2 Å². The predicted octanol–water partition coefficient (Wildman–Crippen LogP) is 4.31. The Hall–Kier alpha value is -0.300. The summed E-state index contributed by atoms with van der Waals surface area (Å²) in [6.45, 7) is 4.80. The molecule has 0 aliphatic heterocycles. The molecule has 0 heterocycles. The van der Waals surface area contributed by atoms with Crippen LogP contribution in [0.25, 0.3) is 0 Å². The van der Waals surface area contributed by atoms with Gasteiger partial charge in [-0.15, -0.1) is 0 Å². The first kappa shape index (κ1) is 14.7. The van der Waals surface area contributed by atoms with Crippen molar-refractivity contribution in [1.82, 2.24) is 0 Å². The lowest BCUT2D eigenvalue weighted by molar-refractivity contribution is 0.259. The molecule has 90 valence electrons. The van der Waals surface area contributed by atoms with Gasteiger partial charge in [0.15, 0.2) is 0 Å². The lowest BCUT2D eigenvalue weighted by atomic mass is 10.0. The zero-order valence-corrected chi connectivity index (χ0v) is 10.5. The van der Waals surface area contributed by atoms with Crippen molar-refractivity contribution in [3.8, 4) is 0 Å². The monoisotopic (exact) mass is 212 g/mol. The van der Waals surface area contributed by atoms with Crippen LogP contribution in [0.2, 0.25) is 0 Å². The molecule has 0 aromatic rings. The van der Waals surface area contributed by atoms with Gasteiger partial charge in [0.2, 0.25) is 0 Å². The fraction of sp³-hybridized carbons (Fsp3) is 0.857.